The van der Waals surface area contributed by atoms with Crippen LogP contribution in [0.5, 0.6) is 0 Å². The number of hydrogen-bond donors (Lipinski definition) is 3. The SMILES string of the molecule is C=CCN(CC=C)C(=O)OOC(=O)C(O)NC(=O)CN. The van der Waals surface area contributed by atoms with Gasteiger partial charge in [-0.2, -0.15) is 0 Å². The number of carbonyl (C=O) groups is 3. The van der Waals surface area contributed by atoms with E-state index in [1.165, 1.54) is 12.2 Å². The molecule has 1 atom stereocenters. The molecule has 0 aliphatic rings. The quantitative estimate of drug-likeness (QED) is 0.228. The summed E-state index contributed by atoms with van der Waals surface area (Å²) in [5, 5.41) is 11.0. The van der Waals surface area contributed by atoms with E-state index in [4.69, 9.17) is 5.73 Å². The Kier molecular flexibility index (Phi) is 8.39. The second-order valence-corrected chi connectivity index (χ2v) is 3.41. The molecule has 20 heavy (non-hydrogen) atoms. The molecule has 9 nitrogen and oxygen atoms in total. The van der Waals surface area contributed by atoms with Gasteiger partial charge in [-0.3, -0.25) is 9.69 Å². The Labute approximate surface area is 115 Å². The number of hydrogen-bond acceptors (Lipinski definition) is 7. The number of rotatable bonds is 7. The Morgan fingerprint density at radius 3 is 2.25 bits per heavy atom. The van der Waals surface area contributed by atoms with Crippen LogP contribution in [0.3, 0.4) is 0 Å². The van der Waals surface area contributed by atoms with Gasteiger partial charge in [-0.05, 0) is 0 Å². The molecule has 0 radical (unpaired) electrons. The fourth-order valence-electron chi connectivity index (χ4n) is 0.981. The second kappa shape index (κ2) is 9.53. The van der Waals surface area contributed by atoms with Crippen LogP contribution in [0.25, 0.3) is 0 Å². The maximum absolute atomic E-state index is 11.5. The van der Waals surface area contributed by atoms with Crippen molar-refractivity contribution in [2.45, 2.75) is 6.23 Å². The molecule has 4 N–H and O–H groups in total. The Balaban J connectivity index is 4.27. The lowest BCUT2D eigenvalue weighted by Crippen LogP contribution is -2.44. The van der Waals surface area contributed by atoms with Gasteiger partial charge in [0.25, 0.3) is 0 Å². The molecule has 0 bridgehead atoms. The smallest absolute Gasteiger partial charge is 0.364 e. The molecule has 1 unspecified atom stereocenters. The van der Waals surface area contributed by atoms with Crippen molar-refractivity contribution in [3.63, 3.8) is 0 Å². The number of aliphatic hydroxyl groups is 1. The predicted molar refractivity (Wildman–Crippen MR) is 67.7 cm³/mol. The molecule has 0 saturated carbocycles. The van der Waals surface area contributed by atoms with Crippen LogP contribution in [0.2, 0.25) is 0 Å². The van der Waals surface area contributed by atoms with Crippen molar-refractivity contribution in [2.75, 3.05) is 19.6 Å². The molecular weight excluding hydrogens is 270 g/mol. The Morgan fingerprint density at radius 1 is 1.25 bits per heavy atom. The molecule has 0 heterocycles. The van der Waals surface area contributed by atoms with E-state index in [2.05, 4.69) is 22.9 Å². The van der Waals surface area contributed by atoms with Crippen LogP contribution in [0, 0.1) is 0 Å². The minimum absolute atomic E-state index is 0.148. The average molecular weight is 287 g/mol. The molecule has 0 spiro atoms. The third-order valence-electron chi connectivity index (χ3n) is 1.86. The van der Waals surface area contributed by atoms with Crippen molar-refractivity contribution in [1.29, 1.82) is 0 Å². The van der Waals surface area contributed by atoms with Crippen LogP contribution >= 0.6 is 0 Å². The molecule has 0 rings (SSSR count). The topological polar surface area (TPSA) is 131 Å². The molecule has 112 valence electrons. The lowest BCUT2D eigenvalue weighted by atomic mass is 10.5. The minimum atomic E-state index is -1.98. The largest absolute Gasteiger partial charge is 0.453 e. The molecule has 0 aromatic carbocycles. The third kappa shape index (κ3) is 6.52. The van der Waals surface area contributed by atoms with E-state index >= 15 is 0 Å². The van der Waals surface area contributed by atoms with Crippen molar-refractivity contribution in [3.8, 4) is 0 Å². The molecule has 0 fully saturated rings. The fraction of sp³-hybridized carbons (Fsp3) is 0.364. The van der Waals surface area contributed by atoms with Gasteiger partial charge in [0.1, 0.15) is 0 Å². The van der Waals surface area contributed by atoms with Crippen LogP contribution in [-0.4, -0.2) is 53.8 Å². The molecule has 0 aliphatic carbocycles. The van der Waals surface area contributed by atoms with Crippen LogP contribution < -0.4 is 11.1 Å². The van der Waals surface area contributed by atoms with Gasteiger partial charge in [0.15, 0.2) is 0 Å². The first kappa shape index (κ1) is 17.6. The fourth-order valence-corrected chi connectivity index (χ4v) is 0.981. The minimum Gasteiger partial charge on any atom is -0.364 e. The Bertz CT molecular complexity index is 374. The van der Waals surface area contributed by atoms with Gasteiger partial charge in [-0.25, -0.2) is 19.4 Å². The summed E-state index contributed by atoms with van der Waals surface area (Å²) >= 11 is 0. The number of carbonyl (C=O) groups excluding carboxylic acids is 3. The van der Waals surface area contributed by atoms with Gasteiger partial charge in [-0.1, -0.05) is 12.2 Å². The summed E-state index contributed by atoms with van der Waals surface area (Å²) in [6.07, 6.45) is -0.0900. The standard InChI is InChI=1S/C11H17N3O6/c1-3-5-14(6-4-2)11(18)20-19-10(17)9(16)13-8(15)7-12/h3-4,9,16H,1-2,5-7,12H2,(H,13,15). The van der Waals surface area contributed by atoms with E-state index in [1.807, 2.05) is 5.32 Å². The molecule has 0 aromatic rings. The molecule has 9 heteroatoms. The predicted octanol–water partition coefficient (Wildman–Crippen LogP) is -1.35. The average Bonchev–Trinajstić information content (AvgIpc) is 2.43. The third-order valence-corrected chi connectivity index (χ3v) is 1.86. The Hall–Kier alpha value is -2.39. The maximum Gasteiger partial charge on any atom is 0.453 e. The van der Waals surface area contributed by atoms with Gasteiger partial charge in [-0.15, -0.1) is 13.2 Å². The van der Waals surface area contributed by atoms with Gasteiger partial charge >= 0.3 is 12.1 Å². The zero-order chi connectivity index (χ0) is 15.5. The van der Waals surface area contributed by atoms with E-state index in [0.717, 1.165) is 4.90 Å². The number of nitrogens with two attached hydrogens (primary N) is 1. The highest BCUT2D eigenvalue weighted by Crippen LogP contribution is 1.97. The summed E-state index contributed by atoms with van der Waals surface area (Å²) in [6.45, 7) is 6.75. The lowest BCUT2D eigenvalue weighted by Gasteiger charge is -2.17. The summed E-state index contributed by atoms with van der Waals surface area (Å²) in [4.78, 5) is 42.9. The first-order chi connectivity index (χ1) is 9.46. The van der Waals surface area contributed by atoms with Crippen molar-refractivity contribution < 1.29 is 29.3 Å². The first-order valence-corrected chi connectivity index (χ1v) is 5.52. The van der Waals surface area contributed by atoms with Crippen LogP contribution in [0.4, 0.5) is 4.79 Å². The monoisotopic (exact) mass is 287 g/mol. The van der Waals surface area contributed by atoms with E-state index in [0.29, 0.717) is 0 Å². The molecule has 0 saturated heterocycles. The number of aliphatic hydroxyl groups excluding tert-OH is 1. The van der Waals surface area contributed by atoms with Crippen molar-refractivity contribution in [2.24, 2.45) is 5.73 Å². The maximum atomic E-state index is 11.5. The van der Waals surface area contributed by atoms with Gasteiger partial charge < -0.3 is 16.2 Å². The second-order valence-electron chi connectivity index (χ2n) is 3.41. The Morgan fingerprint density at radius 2 is 1.80 bits per heavy atom. The van der Waals surface area contributed by atoms with Crippen LogP contribution in [0.15, 0.2) is 25.3 Å². The lowest BCUT2D eigenvalue weighted by molar-refractivity contribution is -0.245. The number of amides is 2. The normalized spacial score (nSPS) is 10.9. The van der Waals surface area contributed by atoms with E-state index in [1.54, 1.807) is 0 Å². The van der Waals surface area contributed by atoms with Gasteiger partial charge in [0.05, 0.1) is 6.54 Å². The first-order valence-electron chi connectivity index (χ1n) is 5.52. The summed E-state index contributed by atoms with van der Waals surface area (Å²) in [5.41, 5.74) is 4.96. The molecule has 2 amide bonds. The van der Waals surface area contributed by atoms with E-state index in [9.17, 15) is 19.5 Å². The molecule has 0 aliphatic heterocycles. The summed E-state index contributed by atoms with van der Waals surface area (Å²) < 4.78 is 0. The van der Waals surface area contributed by atoms with Gasteiger partial charge in [0, 0.05) is 13.1 Å². The van der Waals surface area contributed by atoms with Crippen LogP contribution in [0.1, 0.15) is 0 Å². The van der Waals surface area contributed by atoms with Crippen molar-refractivity contribution >= 4 is 18.0 Å². The number of nitrogens with one attached hydrogen (secondary N) is 1. The summed E-state index contributed by atoms with van der Waals surface area (Å²) in [7, 11) is 0. The van der Waals surface area contributed by atoms with E-state index in [-0.39, 0.29) is 13.1 Å². The van der Waals surface area contributed by atoms with Crippen molar-refractivity contribution in [3.05, 3.63) is 25.3 Å². The summed E-state index contributed by atoms with van der Waals surface area (Å²) in [6, 6.07) is 0. The van der Waals surface area contributed by atoms with Crippen LogP contribution in [-0.2, 0) is 19.4 Å². The zero-order valence-electron chi connectivity index (χ0n) is 10.8. The van der Waals surface area contributed by atoms with Gasteiger partial charge in [0.2, 0.25) is 12.1 Å². The summed E-state index contributed by atoms with van der Waals surface area (Å²) in [5.74, 6) is -2.14. The highest BCUT2D eigenvalue weighted by atomic mass is 17.2. The zero-order valence-corrected chi connectivity index (χ0v) is 10.8. The highest BCUT2D eigenvalue weighted by Gasteiger charge is 2.23. The van der Waals surface area contributed by atoms with E-state index < -0.39 is 30.7 Å². The molecular formula is C11H17N3O6. The number of nitrogens with zero attached hydrogens (tertiary/aromatic N) is 1. The van der Waals surface area contributed by atoms with Crippen molar-refractivity contribution in [1.82, 2.24) is 10.2 Å². The highest BCUT2D eigenvalue weighted by molar-refractivity contribution is 5.84. The molecule has 0 aromatic heterocycles.